The zero-order valence-electron chi connectivity index (χ0n) is 7.18. The Hall–Kier alpha value is -1.12. The normalized spacial score (nSPS) is 15.8. The van der Waals surface area contributed by atoms with E-state index in [0.717, 1.165) is 18.4 Å². The van der Waals surface area contributed by atoms with E-state index >= 15 is 0 Å². The molecule has 0 saturated carbocycles. The van der Waals surface area contributed by atoms with Crippen molar-refractivity contribution < 1.29 is 4.79 Å². The summed E-state index contributed by atoms with van der Waals surface area (Å²) < 4.78 is 0. The van der Waals surface area contributed by atoms with E-state index in [4.69, 9.17) is 0 Å². The third-order valence-electron chi connectivity index (χ3n) is 2.39. The molecule has 0 bridgehead atoms. The lowest BCUT2D eigenvalue weighted by atomic mass is 9.95. The quantitative estimate of drug-likeness (QED) is 0.639. The summed E-state index contributed by atoms with van der Waals surface area (Å²) in [6, 6.07) is 0. The van der Waals surface area contributed by atoms with Gasteiger partial charge >= 0.3 is 0 Å². The predicted octanol–water partition coefficient (Wildman–Crippen LogP) is 1.49. The molecule has 0 atom stereocenters. The van der Waals surface area contributed by atoms with Crippen LogP contribution in [0.4, 0.5) is 0 Å². The molecule has 3 nitrogen and oxygen atoms in total. The van der Waals surface area contributed by atoms with Crippen LogP contribution in [0.15, 0.2) is 0 Å². The predicted molar refractivity (Wildman–Crippen MR) is 45.2 cm³/mol. The van der Waals surface area contributed by atoms with Crippen molar-refractivity contribution in [3.05, 3.63) is 17.0 Å². The molecule has 3 heteroatoms. The van der Waals surface area contributed by atoms with Crippen molar-refractivity contribution in [3.63, 3.8) is 0 Å². The highest BCUT2D eigenvalue weighted by Gasteiger charge is 2.18. The molecule has 0 amide bonds. The van der Waals surface area contributed by atoms with Gasteiger partial charge in [0.15, 0.2) is 5.78 Å². The van der Waals surface area contributed by atoms with Gasteiger partial charge < -0.3 is 0 Å². The molecule has 2 rings (SSSR count). The highest BCUT2D eigenvalue weighted by molar-refractivity contribution is 5.93. The molecule has 12 heavy (non-hydrogen) atoms. The smallest absolute Gasteiger partial charge is 0.180 e. The summed E-state index contributed by atoms with van der Waals surface area (Å²) in [4.78, 5) is 11.1. The first kappa shape index (κ1) is 7.53. The molecule has 0 saturated heterocycles. The number of aryl methyl sites for hydroxylation is 1. The van der Waals surface area contributed by atoms with E-state index in [0.29, 0.717) is 5.69 Å². The van der Waals surface area contributed by atoms with E-state index in [1.165, 1.54) is 18.5 Å². The van der Waals surface area contributed by atoms with Gasteiger partial charge in [-0.05, 0) is 25.7 Å². The monoisotopic (exact) mass is 164 g/mol. The molecule has 1 aliphatic carbocycles. The van der Waals surface area contributed by atoms with Crippen LogP contribution in [0.1, 0.15) is 41.5 Å². The summed E-state index contributed by atoms with van der Waals surface area (Å²) >= 11 is 0. The van der Waals surface area contributed by atoms with Crippen LogP contribution in [0.2, 0.25) is 0 Å². The van der Waals surface area contributed by atoms with Gasteiger partial charge in [0, 0.05) is 18.2 Å². The summed E-state index contributed by atoms with van der Waals surface area (Å²) in [6.45, 7) is 1.57. The number of Topliss-reactive ketones (excluding diaryl/α,β-unsaturated/α-hetero) is 1. The maximum atomic E-state index is 11.1. The minimum atomic E-state index is 0.0781. The summed E-state index contributed by atoms with van der Waals surface area (Å²) in [5.41, 5.74) is 2.99. The SMILES string of the molecule is CC(=O)c1n[nH]c2c1CCCC2. The second-order valence-corrected chi connectivity index (χ2v) is 3.29. The average molecular weight is 164 g/mol. The zero-order chi connectivity index (χ0) is 8.55. The number of carbonyl (C=O) groups is 1. The molecule has 1 aromatic heterocycles. The lowest BCUT2D eigenvalue weighted by molar-refractivity contribution is 0.101. The Morgan fingerprint density at radius 1 is 1.42 bits per heavy atom. The van der Waals surface area contributed by atoms with E-state index in [9.17, 15) is 4.79 Å². The molecule has 0 unspecified atom stereocenters. The van der Waals surface area contributed by atoms with Crippen LogP contribution in [0, 0.1) is 0 Å². The molecular formula is C9H12N2O. The number of carbonyl (C=O) groups excluding carboxylic acids is 1. The van der Waals surface area contributed by atoms with Crippen LogP contribution in [0.25, 0.3) is 0 Å². The van der Waals surface area contributed by atoms with Crippen LogP contribution >= 0.6 is 0 Å². The molecule has 1 heterocycles. The van der Waals surface area contributed by atoms with Crippen molar-refractivity contribution in [3.8, 4) is 0 Å². The van der Waals surface area contributed by atoms with E-state index in [1.54, 1.807) is 6.92 Å². The van der Waals surface area contributed by atoms with Gasteiger partial charge in [0.05, 0.1) is 0 Å². The van der Waals surface area contributed by atoms with Crippen LogP contribution < -0.4 is 0 Å². The van der Waals surface area contributed by atoms with Crippen LogP contribution in [0.3, 0.4) is 0 Å². The fraction of sp³-hybridized carbons (Fsp3) is 0.556. The summed E-state index contributed by atoms with van der Waals surface area (Å²) in [5.74, 6) is 0.0781. The van der Waals surface area contributed by atoms with E-state index in [-0.39, 0.29) is 5.78 Å². The topological polar surface area (TPSA) is 45.8 Å². The molecule has 64 valence electrons. The second-order valence-electron chi connectivity index (χ2n) is 3.29. The highest BCUT2D eigenvalue weighted by Crippen LogP contribution is 2.21. The van der Waals surface area contributed by atoms with Crippen molar-refractivity contribution in [2.45, 2.75) is 32.6 Å². The van der Waals surface area contributed by atoms with E-state index in [1.807, 2.05) is 0 Å². The minimum absolute atomic E-state index is 0.0781. The molecule has 1 N–H and O–H groups in total. The van der Waals surface area contributed by atoms with E-state index in [2.05, 4.69) is 10.2 Å². The molecule has 1 aromatic rings. The first-order valence-corrected chi connectivity index (χ1v) is 4.36. The lowest BCUT2D eigenvalue weighted by Crippen LogP contribution is -2.04. The van der Waals surface area contributed by atoms with Crippen molar-refractivity contribution in [2.24, 2.45) is 0 Å². The van der Waals surface area contributed by atoms with E-state index < -0.39 is 0 Å². The zero-order valence-corrected chi connectivity index (χ0v) is 7.18. The van der Waals surface area contributed by atoms with Crippen molar-refractivity contribution in [1.82, 2.24) is 10.2 Å². The van der Waals surface area contributed by atoms with Crippen LogP contribution in [0.5, 0.6) is 0 Å². The van der Waals surface area contributed by atoms with Crippen LogP contribution in [-0.4, -0.2) is 16.0 Å². The van der Waals surface area contributed by atoms with Crippen molar-refractivity contribution in [2.75, 3.05) is 0 Å². The maximum absolute atomic E-state index is 11.1. The second kappa shape index (κ2) is 2.73. The lowest BCUT2D eigenvalue weighted by Gasteiger charge is -2.09. The van der Waals surface area contributed by atoms with Gasteiger partial charge in [0.2, 0.25) is 0 Å². The van der Waals surface area contributed by atoms with Crippen LogP contribution in [-0.2, 0) is 12.8 Å². The van der Waals surface area contributed by atoms with Gasteiger partial charge in [-0.3, -0.25) is 9.89 Å². The molecule has 0 radical (unpaired) electrons. The molecule has 0 aliphatic heterocycles. The van der Waals surface area contributed by atoms with Gasteiger partial charge in [-0.15, -0.1) is 0 Å². The fourth-order valence-corrected chi connectivity index (χ4v) is 1.77. The number of nitrogens with zero attached hydrogens (tertiary/aromatic N) is 1. The minimum Gasteiger partial charge on any atom is -0.293 e. The third-order valence-corrected chi connectivity index (χ3v) is 2.39. The molecular weight excluding hydrogens is 152 g/mol. The largest absolute Gasteiger partial charge is 0.293 e. The van der Waals surface area contributed by atoms with Gasteiger partial charge in [-0.25, -0.2) is 0 Å². The van der Waals surface area contributed by atoms with Gasteiger partial charge in [0.25, 0.3) is 0 Å². The fourth-order valence-electron chi connectivity index (χ4n) is 1.77. The molecule has 0 aromatic carbocycles. The number of fused-ring (bicyclic) bond motifs is 1. The Bertz CT molecular complexity index is 314. The maximum Gasteiger partial charge on any atom is 0.180 e. The summed E-state index contributed by atoms with van der Waals surface area (Å²) in [6.07, 6.45) is 4.47. The Morgan fingerprint density at radius 3 is 2.92 bits per heavy atom. The van der Waals surface area contributed by atoms with Gasteiger partial charge in [0.1, 0.15) is 5.69 Å². The van der Waals surface area contributed by atoms with Crippen molar-refractivity contribution in [1.29, 1.82) is 0 Å². The van der Waals surface area contributed by atoms with Crippen molar-refractivity contribution >= 4 is 5.78 Å². The summed E-state index contributed by atoms with van der Waals surface area (Å²) in [7, 11) is 0. The standard InChI is InChI=1S/C9H12N2O/c1-6(12)9-7-4-2-3-5-8(7)10-11-9/h2-5H2,1H3,(H,10,11). The number of H-pyrrole nitrogens is 1. The first-order valence-electron chi connectivity index (χ1n) is 4.36. The molecule has 0 spiro atoms. The number of hydrogen-bond acceptors (Lipinski definition) is 2. The van der Waals surface area contributed by atoms with Gasteiger partial charge in [-0.2, -0.15) is 5.10 Å². The number of nitrogens with one attached hydrogen (secondary N) is 1. The number of rotatable bonds is 1. The summed E-state index contributed by atoms with van der Waals surface area (Å²) in [5, 5.41) is 6.96. The molecule has 0 fully saturated rings. The number of aromatic amines is 1. The molecule has 1 aliphatic rings. The number of hydrogen-bond donors (Lipinski definition) is 1. The number of aromatic nitrogens is 2. The Morgan fingerprint density at radius 2 is 2.17 bits per heavy atom. The Kier molecular flexibility index (Phi) is 1.71. The first-order chi connectivity index (χ1) is 5.79. The third kappa shape index (κ3) is 1.05. The Balaban J connectivity index is 2.44. The highest BCUT2D eigenvalue weighted by atomic mass is 16.1. The number of ketones is 1. The average Bonchev–Trinajstić information content (AvgIpc) is 2.47. The Labute approximate surface area is 71.2 Å². The van der Waals surface area contributed by atoms with Gasteiger partial charge in [-0.1, -0.05) is 0 Å².